The number of hydrogen-bond donors (Lipinski definition) is 1. The fraction of sp³-hybridized carbons (Fsp3) is 0.188. The molecule has 124 valence electrons. The van der Waals surface area contributed by atoms with Gasteiger partial charge >= 0.3 is 0 Å². The molecule has 7 nitrogen and oxygen atoms in total. The van der Waals surface area contributed by atoms with Crippen LogP contribution < -0.4 is 19.5 Å². The highest BCUT2D eigenvalue weighted by atomic mass is 32.1. The van der Waals surface area contributed by atoms with Crippen LogP contribution >= 0.6 is 11.5 Å². The number of carbonyl (C=O) groups is 1. The minimum atomic E-state index is -0.302. The van der Waals surface area contributed by atoms with Gasteiger partial charge in [-0.15, -0.1) is 0 Å². The topological polar surface area (TPSA) is 82.6 Å². The van der Waals surface area contributed by atoms with E-state index in [2.05, 4.69) is 14.7 Å². The molecule has 0 unspecified atom stereocenters. The third kappa shape index (κ3) is 2.83. The maximum absolute atomic E-state index is 12.6. The molecule has 1 aromatic carbocycles. The summed E-state index contributed by atoms with van der Waals surface area (Å²) in [4.78, 5) is 16.7. The van der Waals surface area contributed by atoms with E-state index in [4.69, 9.17) is 14.2 Å². The fourth-order valence-electron chi connectivity index (χ4n) is 2.26. The monoisotopic (exact) mass is 345 g/mol. The number of pyridine rings is 1. The number of benzene rings is 1. The van der Waals surface area contributed by atoms with Crippen molar-refractivity contribution in [3.05, 3.63) is 36.0 Å². The van der Waals surface area contributed by atoms with Crippen molar-refractivity contribution in [2.24, 2.45) is 0 Å². The predicted octanol–water partition coefficient (Wildman–Crippen LogP) is 2.97. The Kier molecular flexibility index (Phi) is 4.48. The van der Waals surface area contributed by atoms with Crippen LogP contribution in [-0.2, 0) is 0 Å². The smallest absolute Gasteiger partial charge is 0.256 e. The number of rotatable bonds is 5. The third-order valence-corrected chi connectivity index (χ3v) is 4.18. The molecule has 3 aromatic rings. The van der Waals surface area contributed by atoms with Crippen LogP contribution in [0.25, 0.3) is 11.0 Å². The molecule has 0 aliphatic carbocycles. The Morgan fingerprint density at radius 1 is 1.12 bits per heavy atom. The molecule has 0 bridgehead atoms. The molecule has 0 spiro atoms. The lowest BCUT2D eigenvalue weighted by atomic mass is 10.1. The quantitative estimate of drug-likeness (QED) is 0.765. The molecule has 8 heteroatoms. The molecule has 1 N–H and O–H groups in total. The maximum atomic E-state index is 12.6. The van der Waals surface area contributed by atoms with Crippen molar-refractivity contribution in [2.75, 3.05) is 26.6 Å². The van der Waals surface area contributed by atoms with E-state index in [0.717, 1.165) is 5.39 Å². The average Bonchev–Trinajstić information content (AvgIpc) is 3.03. The summed E-state index contributed by atoms with van der Waals surface area (Å²) in [6, 6.07) is 6.85. The molecular formula is C16H15N3O4S. The van der Waals surface area contributed by atoms with Crippen LogP contribution in [0.1, 0.15) is 10.4 Å². The molecule has 2 heterocycles. The van der Waals surface area contributed by atoms with Gasteiger partial charge in [0.15, 0.2) is 17.1 Å². The highest BCUT2D eigenvalue weighted by Gasteiger charge is 2.18. The standard InChI is InChI=1S/C16H15N3O4S/c1-21-11-7-9(8-12(22-2)13(11)23-3)15(20)18-16-10-5-4-6-17-14(10)19-24-16/h4-8H,1-3H3,(H,18,20). The van der Waals surface area contributed by atoms with Crippen LogP contribution in [0.5, 0.6) is 17.2 Å². The van der Waals surface area contributed by atoms with Crippen LogP contribution in [0.15, 0.2) is 30.5 Å². The first-order valence-electron chi connectivity index (χ1n) is 6.99. The number of fused-ring (bicyclic) bond motifs is 1. The Morgan fingerprint density at radius 2 is 1.83 bits per heavy atom. The summed E-state index contributed by atoms with van der Waals surface area (Å²) in [5.74, 6) is 0.961. The van der Waals surface area contributed by atoms with Crippen molar-refractivity contribution in [3.8, 4) is 17.2 Å². The Morgan fingerprint density at radius 3 is 2.46 bits per heavy atom. The van der Waals surface area contributed by atoms with Gasteiger partial charge in [-0.2, -0.15) is 4.37 Å². The summed E-state index contributed by atoms with van der Waals surface area (Å²) < 4.78 is 20.0. The van der Waals surface area contributed by atoms with Gasteiger partial charge in [0.2, 0.25) is 5.75 Å². The number of carbonyl (C=O) groups excluding carboxylic acids is 1. The number of anilines is 1. The summed E-state index contributed by atoms with van der Waals surface area (Å²) in [5.41, 5.74) is 0.984. The summed E-state index contributed by atoms with van der Waals surface area (Å²) in [6.45, 7) is 0. The highest BCUT2D eigenvalue weighted by molar-refractivity contribution is 7.12. The lowest BCUT2D eigenvalue weighted by molar-refractivity contribution is 0.102. The van der Waals surface area contributed by atoms with E-state index >= 15 is 0 Å². The number of methoxy groups -OCH3 is 3. The van der Waals surface area contributed by atoms with E-state index in [1.54, 1.807) is 24.4 Å². The van der Waals surface area contributed by atoms with Gasteiger partial charge < -0.3 is 19.5 Å². The van der Waals surface area contributed by atoms with E-state index in [1.165, 1.54) is 32.9 Å². The van der Waals surface area contributed by atoms with Crippen LogP contribution in [0.3, 0.4) is 0 Å². The molecule has 0 atom stereocenters. The van der Waals surface area contributed by atoms with Gasteiger partial charge in [-0.25, -0.2) is 4.98 Å². The van der Waals surface area contributed by atoms with Crippen LogP contribution in [-0.4, -0.2) is 36.6 Å². The molecule has 0 aliphatic rings. The van der Waals surface area contributed by atoms with Crippen molar-refractivity contribution in [1.29, 1.82) is 0 Å². The molecule has 24 heavy (non-hydrogen) atoms. The second kappa shape index (κ2) is 6.71. The lowest BCUT2D eigenvalue weighted by Crippen LogP contribution is -2.12. The van der Waals surface area contributed by atoms with Crippen molar-refractivity contribution >= 4 is 33.5 Å². The van der Waals surface area contributed by atoms with Gasteiger partial charge in [0.05, 0.1) is 26.7 Å². The lowest BCUT2D eigenvalue weighted by Gasteiger charge is -2.13. The zero-order valence-corrected chi connectivity index (χ0v) is 14.1. The van der Waals surface area contributed by atoms with Crippen molar-refractivity contribution in [3.63, 3.8) is 0 Å². The van der Waals surface area contributed by atoms with Crippen molar-refractivity contribution in [1.82, 2.24) is 9.36 Å². The Labute approximate surface area is 142 Å². The predicted molar refractivity (Wildman–Crippen MR) is 91.5 cm³/mol. The van der Waals surface area contributed by atoms with Crippen LogP contribution in [0.4, 0.5) is 5.00 Å². The molecule has 0 saturated carbocycles. The van der Waals surface area contributed by atoms with Gasteiger partial charge in [-0.1, -0.05) is 0 Å². The van der Waals surface area contributed by atoms with Gasteiger partial charge in [-0.05, 0) is 35.8 Å². The second-order valence-corrected chi connectivity index (χ2v) is 5.53. The van der Waals surface area contributed by atoms with Gasteiger partial charge in [0, 0.05) is 11.8 Å². The number of nitrogens with one attached hydrogen (secondary N) is 1. The number of nitrogens with zero attached hydrogens (tertiary/aromatic N) is 2. The van der Waals surface area contributed by atoms with Crippen molar-refractivity contribution < 1.29 is 19.0 Å². The summed E-state index contributed by atoms with van der Waals surface area (Å²) in [6.07, 6.45) is 1.66. The van der Waals surface area contributed by atoms with E-state index in [9.17, 15) is 4.79 Å². The number of ether oxygens (including phenoxy) is 3. The average molecular weight is 345 g/mol. The zero-order valence-electron chi connectivity index (χ0n) is 13.3. The van der Waals surface area contributed by atoms with E-state index in [1.807, 2.05) is 6.07 Å². The van der Waals surface area contributed by atoms with Gasteiger partial charge in [0.25, 0.3) is 5.91 Å². The molecule has 3 rings (SSSR count). The summed E-state index contributed by atoms with van der Waals surface area (Å²) in [5, 5.41) is 4.28. The summed E-state index contributed by atoms with van der Waals surface area (Å²) >= 11 is 1.18. The highest BCUT2D eigenvalue weighted by Crippen LogP contribution is 2.38. The van der Waals surface area contributed by atoms with E-state index < -0.39 is 0 Å². The minimum absolute atomic E-state index is 0.302. The van der Waals surface area contributed by atoms with Crippen LogP contribution in [0, 0.1) is 0 Å². The maximum Gasteiger partial charge on any atom is 0.256 e. The molecule has 1 amide bonds. The molecule has 0 radical (unpaired) electrons. The first-order chi connectivity index (χ1) is 11.7. The third-order valence-electron chi connectivity index (χ3n) is 3.41. The van der Waals surface area contributed by atoms with Crippen LogP contribution in [0.2, 0.25) is 0 Å². The molecule has 0 saturated heterocycles. The number of hydrogen-bond acceptors (Lipinski definition) is 7. The first-order valence-corrected chi connectivity index (χ1v) is 7.77. The SMILES string of the molecule is COc1cc(C(=O)Nc2snc3ncccc23)cc(OC)c1OC. The minimum Gasteiger partial charge on any atom is -0.493 e. The van der Waals surface area contributed by atoms with Crippen molar-refractivity contribution in [2.45, 2.75) is 0 Å². The Bertz CT molecular complexity index is 869. The molecule has 0 aliphatic heterocycles. The summed E-state index contributed by atoms with van der Waals surface area (Å²) in [7, 11) is 4.51. The second-order valence-electron chi connectivity index (χ2n) is 4.75. The number of aromatic nitrogens is 2. The number of amides is 1. The normalized spacial score (nSPS) is 10.5. The van der Waals surface area contributed by atoms with Gasteiger partial charge in [0.1, 0.15) is 5.00 Å². The first kappa shape index (κ1) is 16.0. The molecule has 0 fully saturated rings. The van der Waals surface area contributed by atoms with Gasteiger partial charge in [-0.3, -0.25) is 4.79 Å². The van der Waals surface area contributed by atoms with E-state index in [-0.39, 0.29) is 5.91 Å². The Hall–Kier alpha value is -2.87. The molecule has 2 aromatic heterocycles. The zero-order chi connectivity index (χ0) is 17.1. The Balaban J connectivity index is 1.95. The van der Waals surface area contributed by atoms with E-state index in [0.29, 0.717) is 33.5 Å². The fourth-order valence-corrected chi connectivity index (χ4v) is 2.98. The molecular weight excluding hydrogens is 330 g/mol. The largest absolute Gasteiger partial charge is 0.493 e.